The van der Waals surface area contributed by atoms with Gasteiger partial charge in [0.25, 0.3) is 0 Å². The van der Waals surface area contributed by atoms with Crippen molar-refractivity contribution in [2.24, 2.45) is 23.7 Å². The first kappa shape index (κ1) is 34.2. The number of nitrogens with zero attached hydrogens (tertiary/aromatic N) is 1. The van der Waals surface area contributed by atoms with Crippen LogP contribution in [0, 0.1) is 29.5 Å². The van der Waals surface area contributed by atoms with Gasteiger partial charge in [0.2, 0.25) is 11.8 Å². The molecule has 1 heterocycles. The molecule has 1 saturated heterocycles. The molecule has 8 heteroatoms. The summed E-state index contributed by atoms with van der Waals surface area (Å²) in [6.07, 6.45) is 3.62. The van der Waals surface area contributed by atoms with E-state index < -0.39 is 52.5 Å². The number of allylic oxidation sites excluding steroid dienone is 4. The summed E-state index contributed by atoms with van der Waals surface area (Å²) < 4.78 is 15.3. The van der Waals surface area contributed by atoms with E-state index in [9.17, 15) is 19.5 Å². The van der Waals surface area contributed by atoms with Gasteiger partial charge in [-0.05, 0) is 77.9 Å². The van der Waals surface area contributed by atoms with E-state index in [1.54, 1.807) is 91.0 Å². The molecule has 0 spiro atoms. The molecular weight excluding hydrogens is 694 g/mol. The van der Waals surface area contributed by atoms with Gasteiger partial charge in [-0.15, -0.1) is 0 Å². The molecule has 0 aromatic heterocycles. The van der Waals surface area contributed by atoms with Crippen LogP contribution >= 0.6 is 0 Å². The van der Waals surface area contributed by atoms with Crippen molar-refractivity contribution in [1.82, 2.24) is 0 Å². The summed E-state index contributed by atoms with van der Waals surface area (Å²) in [5.41, 5.74) is 2.25. The second-order valence-electron chi connectivity index (χ2n) is 14.8. The van der Waals surface area contributed by atoms with Gasteiger partial charge in [0.15, 0.2) is 28.9 Å². The first-order valence-corrected chi connectivity index (χ1v) is 18.4. The van der Waals surface area contributed by atoms with Crippen LogP contribution < -0.4 is 4.90 Å². The number of phenolic OH excluding ortho intramolecular Hbond substituents is 1. The van der Waals surface area contributed by atoms with Crippen LogP contribution in [0.4, 0.5) is 10.1 Å². The van der Waals surface area contributed by atoms with Gasteiger partial charge in [0.1, 0.15) is 0 Å². The first-order valence-electron chi connectivity index (χ1n) is 18.4. The average molecular weight is 728 g/mol. The molecule has 0 unspecified atom stereocenters. The van der Waals surface area contributed by atoms with E-state index in [1.165, 1.54) is 23.1 Å². The molecule has 3 aliphatic carbocycles. The van der Waals surface area contributed by atoms with Crippen LogP contribution in [0.3, 0.4) is 0 Å². The Morgan fingerprint density at radius 3 is 2.04 bits per heavy atom. The molecule has 7 nitrogen and oxygen atoms in total. The van der Waals surface area contributed by atoms with E-state index in [-0.39, 0.29) is 41.7 Å². The van der Waals surface area contributed by atoms with E-state index in [0.717, 1.165) is 0 Å². The molecule has 1 N–H and O–H groups in total. The van der Waals surface area contributed by atoms with Crippen molar-refractivity contribution >= 4 is 40.4 Å². The van der Waals surface area contributed by atoms with E-state index in [2.05, 4.69) is 0 Å². The lowest BCUT2D eigenvalue weighted by Crippen LogP contribution is -2.58. The maximum Gasteiger partial charge on any atom is 0.238 e. The zero-order valence-corrected chi connectivity index (χ0v) is 29.5. The number of Topliss-reactive ketones (excluding diaryl/α,β-unsaturated/α-hetero) is 1. The maximum atomic E-state index is 15.3. The molecule has 6 atom stereocenters. The highest BCUT2D eigenvalue weighted by Gasteiger charge is 2.66. The van der Waals surface area contributed by atoms with Crippen molar-refractivity contribution in [3.63, 3.8) is 0 Å². The number of benzene rings is 5. The fourth-order valence-corrected chi connectivity index (χ4v) is 9.72. The third-order valence-corrected chi connectivity index (χ3v) is 12.1. The number of rotatable bonds is 6. The number of carbonyl (C=O) groups is 5. The smallest absolute Gasteiger partial charge is 0.238 e. The average Bonchev–Trinajstić information content (AvgIpc) is 3.48. The topological polar surface area (TPSA) is 109 Å². The summed E-state index contributed by atoms with van der Waals surface area (Å²) in [6.45, 7) is 0. The summed E-state index contributed by atoms with van der Waals surface area (Å²) in [7, 11) is 0. The highest BCUT2D eigenvalue weighted by Crippen LogP contribution is 2.63. The van der Waals surface area contributed by atoms with Crippen LogP contribution in [0.1, 0.15) is 51.4 Å². The van der Waals surface area contributed by atoms with Crippen LogP contribution in [0.2, 0.25) is 0 Å². The standard InChI is InChI=1S/C47H34FNO6/c48-38-24-30(18-23-39(38)50)42-33-21-22-34-41(46(55)49(45(34)54)32-19-16-29(17-20-32)43(52)28-12-6-2-7-13-28)36(33)25-37-44(53)35(27-10-4-1-5-11-27)26-40(51)47(37,42)31-14-8-3-9-15-31/h1-21,23-24,26,34,36-37,41-42,50H,22,25H2/t34-,36+,37-,41-,42-,47-/m0/s1. The summed E-state index contributed by atoms with van der Waals surface area (Å²) in [6, 6.07) is 37.3. The first-order chi connectivity index (χ1) is 26.7. The number of carbonyl (C=O) groups excluding carboxylic acids is 5. The Bertz CT molecular complexity index is 2480. The summed E-state index contributed by atoms with van der Waals surface area (Å²) in [5, 5.41) is 10.2. The maximum absolute atomic E-state index is 15.3. The van der Waals surface area contributed by atoms with Gasteiger partial charge in [-0.25, -0.2) is 4.39 Å². The number of phenols is 1. The van der Waals surface area contributed by atoms with Gasteiger partial charge in [0, 0.05) is 28.5 Å². The Balaban J connectivity index is 1.17. The number of fused-ring (bicyclic) bond motifs is 4. The molecule has 4 aliphatic rings. The van der Waals surface area contributed by atoms with E-state index in [4.69, 9.17) is 0 Å². The highest BCUT2D eigenvalue weighted by atomic mass is 19.1. The molecule has 5 aromatic carbocycles. The van der Waals surface area contributed by atoms with Crippen molar-refractivity contribution in [2.75, 3.05) is 4.90 Å². The quantitative estimate of drug-likeness (QED) is 0.109. The lowest BCUT2D eigenvalue weighted by atomic mass is 9.44. The van der Waals surface area contributed by atoms with Crippen molar-refractivity contribution < 1.29 is 33.5 Å². The Labute approximate surface area is 316 Å². The minimum absolute atomic E-state index is 0.102. The molecule has 55 heavy (non-hydrogen) atoms. The van der Waals surface area contributed by atoms with Crippen LogP contribution in [0.5, 0.6) is 5.75 Å². The van der Waals surface area contributed by atoms with Crippen LogP contribution in [-0.4, -0.2) is 34.3 Å². The van der Waals surface area contributed by atoms with E-state index >= 15 is 14.0 Å². The molecule has 270 valence electrons. The van der Waals surface area contributed by atoms with Gasteiger partial charge >= 0.3 is 0 Å². The van der Waals surface area contributed by atoms with E-state index in [1.807, 2.05) is 36.4 Å². The minimum atomic E-state index is -1.51. The SMILES string of the molecule is O=C(c1ccccc1)c1ccc(N2C(=O)[C@H]3[C@H](CC=C4[C@H]3C[C@H]3C(=O)C(c5ccccc5)=CC(=O)[C@@]3(c3ccccc3)[C@H]4c3ccc(O)c(F)c3)C2=O)cc1. The third kappa shape index (κ3) is 5.19. The Morgan fingerprint density at radius 2 is 1.36 bits per heavy atom. The molecule has 0 radical (unpaired) electrons. The Hall–Kier alpha value is -6.54. The lowest BCUT2D eigenvalue weighted by molar-refractivity contribution is -0.135. The normalized spacial score (nSPS) is 25.8. The minimum Gasteiger partial charge on any atom is -0.505 e. The van der Waals surface area contributed by atoms with Gasteiger partial charge in [0.05, 0.1) is 22.9 Å². The largest absolute Gasteiger partial charge is 0.505 e. The Morgan fingerprint density at radius 1 is 0.727 bits per heavy atom. The summed E-state index contributed by atoms with van der Waals surface area (Å²) in [4.78, 5) is 73.3. The van der Waals surface area contributed by atoms with Crippen LogP contribution in [-0.2, 0) is 24.6 Å². The number of imide groups is 1. The zero-order valence-electron chi connectivity index (χ0n) is 29.5. The van der Waals surface area contributed by atoms with Crippen LogP contribution in [0.15, 0.2) is 151 Å². The van der Waals surface area contributed by atoms with Gasteiger partial charge in [-0.2, -0.15) is 0 Å². The van der Waals surface area contributed by atoms with Gasteiger partial charge < -0.3 is 5.11 Å². The molecule has 2 fully saturated rings. The predicted octanol–water partition coefficient (Wildman–Crippen LogP) is 7.79. The van der Waals surface area contributed by atoms with Crippen LogP contribution in [0.25, 0.3) is 5.57 Å². The number of aromatic hydroxyl groups is 1. The number of hydrogen-bond acceptors (Lipinski definition) is 6. The molecule has 1 saturated carbocycles. The fourth-order valence-electron chi connectivity index (χ4n) is 9.72. The summed E-state index contributed by atoms with van der Waals surface area (Å²) in [5.74, 6) is -7.13. The fraction of sp³-hybridized carbons (Fsp3) is 0.170. The highest BCUT2D eigenvalue weighted by molar-refractivity contribution is 6.32. The van der Waals surface area contributed by atoms with Gasteiger partial charge in [-0.1, -0.05) is 109 Å². The van der Waals surface area contributed by atoms with E-state index in [0.29, 0.717) is 39.1 Å². The number of ketones is 3. The molecule has 9 rings (SSSR count). The molecular formula is C47H34FNO6. The zero-order chi connectivity index (χ0) is 38.0. The van der Waals surface area contributed by atoms with Gasteiger partial charge in [-0.3, -0.25) is 28.9 Å². The molecule has 1 aliphatic heterocycles. The number of amides is 2. The third-order valence-electron chi connectivity index (χ3n) is 12.1. The van der Waals surface area contributed by atoms with Crippen molar-refractivity contribution in [3.05, 3.63) is 185 Å². The molecule has 0 bridgehead atoms. The summed E-state index contributed by atoms with van der Waals surface area (Å²) >= 11 is 0. The number of halogens is 1. The van der Waals surface area contributed by atoms with Crippen molar-refractivity contribution in [1.29, 1.82) is 0 Å². The monoisotopic (exact) mass is 727 g/mol. The lowest BCUT2D eigenvalue weighted by Gasteiger charge is -2.55. The number of anilines is 1. The molecule has 5 aromatic rings. The predicted molar refractivity (Wildman–Crippen MR) is 203 cm³/mol. The molecule has 2 amide bonds. The van der Waals surface area contributed by atoms with Crippen molar-refractivity contribution in [2.45, 2.75) is 24.2 Å². The Kier molecular flexibility index (Phi) is 8.15. The second kappa shape index (κ2) is 13.1. The van der Waals surface area contributed by atoms with Crippen molar-refractivity contribution in [3.8, 4) is 5.75 Å². The second-order valence-corrected chi connectivity index (χ2v) is 14.8. The number of hydrogen-bond donors (Lipinski definition) is 1.